The van der Waals surface area contributed by atoms with Crippen LogP contribution >= 0.6 is 68.0 Å². The van der Waals surface area contributed by atoms with Crippen molar-refractivity contribution in [2.75, 3.05) is 26.4 Å². The molecule has 15 rings (SSSR count). The summed E-state index contributed by atoms with van der Waals surface area (Å²) < 4.78 is 43.2. The van der Waals surface area contributed by atoms with Crippen LogP contribution in [-0.2, 0) is 46.6 Å². The molecule has 552 valence electrons. The summed E-state index contributed by atoms with van der Waals surface area (Å²) >= 11 is 6.80. The summed E-state index contributed by atoms with van der Waals surface area (Å²) in [6, 6.07) is 17.3. The largest absolute Gasteiger partial charge is 0.461 e. The van der Waals surface area contributed by atoms with Gasteiger partial charge in [-0.1, -0.05) is 63.5 Å². The van der Waals surface area contributed by atoms with Gasteiger partial charge in [0.05, 0.1) is 167 Å². The molecule has 0 saturated heterocycles. The number of benzene rings is 1. The van der Waals surface area contributed by atoms with Gasteiger partial charge in [0.1, 0.15) is 39.6 Å². The van der Waals surface area contributed by atoms with Crippen LogP contribution in [0.25, 0.3) is 83.1 Å². The Labute approximate surface area is 619 Å². The first kappa shape index (κ1) is 77.0. The summed E-state index contributed by atoms with van der Waals surface area (Å²) in [6.45, 7) is 7.92. The smallest absolute Gasteiger partial charge is 0.355 e. The fourth-order valence-electron chi connectivity index (χ4n) is 10.8. The van der Waals surface area contributed by atoms with Crippen LogP contribution < -0.4 is 11.1 Å². The van der Waals surface area contributed by atoms with Crippen LogP contribution in [0.4, 0.5) is 24.4 Å². The van der Waals surface area contributed by atoms with E-state index in [9.17, 15) is 88.0 Å². The number of aryl methyl sites for hydroxylation is 3. The van der Waals surface area contributed by atoms with Gasteiger partial charge in [0, 0.05) is 37.5 Å². The van der Waals surface area contributed by atoms with E-state index in [0.717, 1.165) is 65.8 Å². The molecule has 15 aromatic rings. The number of rotatable bonds is 17. The average Bonchev–Trinajstić information content (AvgIpc) is 1.60. The molecule has 14 heterocycles. The van der Waals surface area contributed by atoms with Gasteiger partial charge in [-0.3, -0.25) is 64.4 Å². The Balaban J connectivity index is 0.000000139. The van der Waals surface area contributed by atoms with Crippen molar-refractivity contribution in [3.05, 3.63) is 202 Å². The molecule has 0 saturated carbocycles. The van der Waals surface area contributed by atoms with E-state index >= 15 is 0 Å². The van der Waals surface area contributed by atoms with Crippen molar-refractivity contribution in [1.29, 1.82) is 0 Å². The Bertz CT molecular complexity index is 6130. The topological polar surface area (TPSA) is 472 Å². The van der Waals surface area contributed by atoms with Gasteiger partial charge < -0.3 is 47.6 Å². The zero-order valence-corrected chi connectivity index (χ0v) is 61.2. The van der Waals surface area contributed by atoms with Gasteiger partial charge in [-0.2, -0.15) is 10.2 Å². The first-order chi connectivity index (χ1) is 51.2. The van der Waals surface area contributed by atoms with Gasteiger partial charge in [0.2, 0.25) is 0 Å². The van der Waals surface area contributed by atoms with E-state index in [2.05, 4.69) is 30.2 Å². The van der Waals surface area contributed by atoms with Crippen LogP contribution in [0.15, 0.2) is 99.5 Å². The Morgan fingerprint density at radius 1 is 0.533 bits per heavy atom. The van der Waals surface area contributed by atoms with Crippen molar-refractivity contribution in [3.8, 4) is 0 Å². The van der Waals surface area contributed by atoms with Crippen molar-refractivity contribution in [2.24, 2.45) is 21.1 Å². The number of aromatic amines is 4. The van der Waals surface area contributed by atoms with Crippen LogP contribution in [0, 0.1) is 46.3 Å². The molecular weight excluding hydrogens is 1520 g/mol. The summed E-state index contributed by atoms with van der Waals surface area (Å²) in [4.78, 5) is 153. The Kier molecular flexibility index (Phi) is 23.7. The zero-order chi connectivity index (χ0) is 77.4. The SMILES string of the molecule is CCOC(=O)c1[nH]c2cc([N+](=O)[O-])sc2c1C=O.CCOC(=O)c1[nH]c2ccsc2c1C=O.CCOC(=O)c1c(C=O)c2sc([N+](=O)[O-])cc2n1C.CCOC(=O)c1cc2sccc2[nH]1.Cn1c2cc([N+](=O)[O-])sc2c2cn[nH]c(=O)c21.Cn1c2cc([N+](=O)[O-])sc2c2cnn(Cc3ccccc3F)c(=O)c21. The number of hydrogen-bond acceptors (Lipinski definition) is 29. The van der Waals surface area contributed by atoms with Crippen LogP contribution in [0.3, 0.4) is 0 Å². The third-order valence-corrected chi connectivity index (χ3v) is 21.7. The maximum absolute atomic E-state index is 13.8. The van der Waals surface area contributed by atoms with E-state index in [-0.39, 0.29) is 85.1 Å². The molecule has 0 atom stereocenters. The number of thiophene rings is 6. The zero-order valence-electron chi connectivity index (χ0n) is 56.3. The summed E-state index contributed by atoms with van der Waals surface area (Å²) in [6.07, 6.45) is 4.71. The predicted octanol–water partition coefficient (Wildman–Crippen LogP) is 13.3. The van der Waals surface area contributed by atoms with Crippen LogP contribution in [0.2, 0.25) is 0 Å². The van der Waals surface area contributed by atoms with Crippen molar-refractivity contribution in [3.63, 3.8) is 0 Å². The fourth-order valence-corrected chi connectivity index (χ4v) is 16.4. The summed E-state index contributed by atoms with van der Waals surface area (Å²) in [7, 11) is 4.95. The molecule has 0 aliphatic rings. The predicted molar refractivity (Wildman–Crippen MR) is 399 cm³/mol. The second-order valence-corrected chi connectivity index (χ2v) is 27.7. The van der Waals surface area contributed by atoms with Crippen molar-refractivity contribution in [2.45, 2.75) is 34.2 Å². The molecule has 0 aliphatic carbocycles. The third kappa shape index (κ3) is 15.6. The molecular formula is C65H53FN14O21S6. The number of carbonyl (C=O) groups excluding carboxylic acids is 7. The third-order valence-electron chi connectivity index (χ3n) is 15.5. The van der Waals surface area contributed by atoms with Gasteiger partial charge in [0.25, 0.3) is 11.1 Å². The Morgan fingerprint density at radius 2 is 1.01 bits per heavy atom. The lowest BCUT2D eigenvalue weighted by molar-refractivity contribution is -0.380. The lowest BCUT2D eigenvalue weighted by Crippen LogP contribution is -2.24. The molecule has 0 unspecified atom stereocenters. The highest BCUT2D eigenvalue weighted by Gasteiger charge is 2.29. The number of fused-ring (bicyclic) bond motifs is 10. The van der Waals surface area contributed by atoms with Crippen LogP contribution in [0.5, 0.6) is 0 Å². The van der Waals surface area contributed by atoms with E-state index in [1.54, 1.807) is 87.5 Å². The number of nitrogens with one attached hydrogen (secondary N) is 4. The van der Waals surface area contributed by atoms with E-state index < -0.39 is 43.4 Å². The number of aldehydes is 3. The molecule has 0 fully saturated rings. The van der Waals surface area contributed by atoms with Gasteiger partial charge >= 0.3 is 43.9 Å². The minimum atomic E-state index is -0.648. The normalized spacial score (nSPS) is 10.9. The van der Waals surface area contributed by atoms with E-state index in [1.165, 1.54) is 63.3 Å². The molecule has 0 bridgehead atoms. The highest BCUT2D eigenvalue weighted by atomic mass is 32.1. The monoisotopic (exact) mass is 1580 g/mol. The van der Waals surface area contributed by atoms with Gasteiger partial charge in [-0.05, 0) is 62.7 Å². The lowest BCUT2D eigenvalue weighted by Gasteiger charge is -2.06. The van der Waals surface area contributed by atoms with Gasteiger partial charge in [0.15, 0.2) is 18.9 Å². The highest BCUT2D eigenvalue weighted by Crippen LogP contribution is 2.40. The lowest BCUT2D eigenvalue weighted by atomic mass is 10.2. The molecule has 35 nitrogen and oxygen atoms in total. The number of hydrogen-bond donors (Lipinski definition) is 4. The first-order valence-electron chi connectivity index (χ1n) is 31.0. The van der Waals surface area contributed by atoms with Crippen LogP contribution in [0.1, 0.15) is 106 Å². The molecule has 1 aromatic carbocycles. The maximum atomic E-state index is 13.8. The van der Waals surface area contributed by atoms with Gasteiger partial charge in [-0.25, -0.2) is 33.3 Å². The highest BCUT2D eigenvalue weighted by molar-refractivity contribution is 7.24. The summed E-state index contributed by atoms with van der Waals surface area (Å²) in [5.41, 5.74) is 6.05. The minimum absolute atomic E-state index is 0.0121. The van der Waals surface area contributed by atoms with Crippen LogP contribution in [-0.4, -0.2) is 137 Å². The number of nitrogens with zero attached hydrogens (tertiary/aromatic N) is 10. The number of aromatic nitrogens is 10. The molecule has 107 heavy (non-hydrogen) atoms. The Hall–Kier alpha value is -12.6. The van der Waals surface area contributed by atoms with Crippen molar-refractivity contribution >= 4 is 214 Å². The van der Waals surface area contributed by atoms with Crippen molar-refractivity contribution in [1.82, 2.24) is 48.6 Å². The number of halogens is 1. The standard InChI is InChI=1S/C16H11FN4O3S.C11H10N2O5S.C10H8N2O5S.C10H9NO3S.C9H6N4O3S.C9H9NO2S/c1-19-12-6-13(21(23)24)25-15(12)10-7-18-20(16(22)14(10)19)8-9-4-2-3-5-11(9)17;1-3-18-11(15)9-6(5-14)10-7(12(9)2)4-8(19-10)13(16)17;1-2-17-10(14)8-5(4-13)9-6(11-8)3-7(18-9)12(15)16;1-2-14-10(13)8-6(5-12)9-7(11-8)3-4-15-9;1-12-5-2-6(13(15)16)17-8(5)4-3-10-11-9(14)7(4)12;1-2-12-9(11)7-5-8-6(10-7)3-4-13-8/h2-7H,8H2,1H3;4-5H,3H2,1-2H3;3-4,11H,2H2,1H3;3-5,11H,2H2,1H3;2-3H,1H3,(H,11,14);3-5,10H,2H2,1H3. The van der Waals surface area contributed by atoms with E-state index in [1.807, 2.05) is 29.0 Å². The number of esters is 4. The molecule has 0 amide bonds. The molecule has 0 radical (unpaired) electrons. The second kappa shape index (κ2) is 33.0. The first-order valence-corrected chi connectivity index (χ1v) is 36.0. The molecule has 0 spiro atoms. The number of carbonyl (C=O) groups is 7. The fraction of sp³-hybridized carbons (Fsp3) is 0.185. The van der Waals surface area contributed by atoms with E-state index in [0.29, 0.717) is 112 Å². The molecule has 4 N–H and O–H groups in total. The molecule has 0 aliphatic heterocycles. The summed E-state index contributed by atoms with van der Waals surface area (Å²) in [5.74, 6) is -2.43. The van der Waals surface area contributed by atoms with Crippen molar-refractivity contribution < 1.29 is 76.6 Å². The Morgan fingerprint density at radius 3 is 1.56 bits per heavy atom. The number of ether oxygens (including phenoxy) is 4. The number of nitro groups is 4. The quantitative estimate of drug-likeness (QED) is 0.0216. The summed E-state index contributed by atoms with van der Waals surface area (Å²) in [5, 5.41) is 58.2. The number of H-pyrrole nitrogens is 4. The van der Waals surface area contributed by atoms with E-state index in [4.69, 9.17) is 18.9 Å². The molecule has 14 aromatic heterocycles. The second-order valence-electron chi connectivity index (χ2n) is 21.7. The van der Waals surface area contributed by atoms with Gasteiger partial charge in [-0.15, -0.1) is 22.7 Å². The minimum Gasteiger partial charge on any atom is -0.461 e. The average molecular weight is 1580 g/mol. The maximum Gasteiger partial charge on any atom is 0.355 e. The molecule has 42 heteroatoms.